The van der Waals surface area contributed by atoms with Crippen LogP contribution >= 0.6 is 0 Å². The van der Waals surface area contributed by atoms with E-state index in [9.17, 15) is 28.0 Å². The molecule has 1 aliphatic heterocycles. The van der Waals surface area contributed by atoms with Crippen LogP contribution in [0.25, 0.3) is 0 Å². The van der Waals surface area contributed by atoms with Crippen LogP contribution in [0.2, 0.25) is 0 Å². The van der Waals surface area contributed by atoms with Gasteiger partial charge in [-0.15, -0.1) is 0 Å². The van der Waals surface area contributed by atoms with Crippen molar-refractivity contribution in [3.63, 3.8) is 0 Å². The van der Waals surface area contributed by atoms with Gasteiger partial charge in [0.25, 0.3) is 11.8 Å². The molecule has 0 fully saturated rings. The summed E-state index contributed by atoms with van der Waals surface area (Å²) in [5.74, 6) is -5.31. The SMILES string of the molecule is C[C@H](OC(=O)[C@H](C)N1C(=O)c2ccccc2C1=O)C(=O)c1ccc(F)c(F)c1. The van der Waals surface area contributed by atoms with Crippen LogP contribution in [-0.4, -0.2) is 40.6 Å². The highest BCUT2D eigenvalue weighted by Gasteiger charge is 2.41. The summed E-state index contributed by atoms with van der Waals surface area (Å²) >= 11 is 0. The Balaban J connectivity index is 1.72. The third kappa shape index (κ3) is 3.28. The van der Waals surface area contributed by atoms with Crippen LogP contribution in [0.3, 0.4) is 0 Å². The quantitative estimate of drug-likeness (QED) is 0.448. The van der Waals surface area contributed by atoms with E-state index in [4.69, 9.17) is 4.74 Å². The van der Waals surface area contributed by atoms with Crippen molar-refractivity contribution in [1.82, 2.24) is 4.90 Å². The van der Waals surface area contributed by atoms with Crippen molar-refractivity contribution in [2.45, 2.75) is 26.0 Å². The largest absolute Gasteiger partial charge is 0.453 e. The van der Waals surface area contributed by atoms with Gasteiger partial charge in [-0.1, -0.05) is 12.1 Å². The number of ether oxygens (including phenoxy) is 1. The molecular formula is C20H15F2NO5. The van der Waals surface area contributed by atoms with Crippen LogP contribution in [-0.2, 0) is 9.53 Å². The number of amides is 2. The van der Waals surface area contributed by atoms with Gasteiger partial charge >= 0.3 is 5.97 Å². The first kappa shape index (κ1) is 19.3. The molecule has 0 saturated carbocycles. The number of imide groups is 1. The van der Waals surface area contributed by atoms with E-state index in [0.29, 0.717) is 6.07 Å². The Morgan fingerprint density at radius 2 is 1.50 bits per heavy atom. The molecule has 0 aliphatic carbocycles. The highest BCUT2D eigenvalue weighted by Crippen LogP contribution is 2.25. The van der Waals surface area contributed by atoms with Crippen LogP contribution in [0.5, 0.6) is 0 Å². The molecule has 0 bridgehead atoms. The van der Waals surface area contributed by atoms with E-state index in [1.807, 2.05) is 0 Å². The lowest BCUT2D eigenvalue weighted by Crippen LogP contribution is -2.45. The summed E-state index contributed by atoms with van der Waals surface area (Å²) < 4.78 is 31.3. The molecule has 0 aromatic heterocycles. The second-order valence-electron chi connectivity index (χ2n) is 6.27. The minimum Gasteiger partial charge on any atom is -0.453 e. The Morgan fingerprint density at radius 1 is 0.929 bits per heavy atom. The van der Waals surface area contributed by atoms with Crippen molar-refractivity contribution in [3.05, 3.63) is 70.8 Å². The normalized spacial score (nSPS) is 15.2. The van der Waals surface area contributed by atoms with Gasteiger partial charge in [-0.25, -0.2) is 13.6 Å². The number of carbonyl (C=O) groups is 4. The Kier molecular flexibility index (Phi) is 5.04. The number of fused-ring (bicyclic) bond motifs is 1. The number of benzene rings is 2. The van der Waals surface area contributed by atoms with Gasteiger partial charge in [0, 0.05) is 5.56 Å². The summed E-state index contributed by atoms with van der Waals surface area (Å²) in [6, 6.07) is 7.43. The molecule has 2 atom stereocenters. The Labute approximate surface area is 158 Å². The maximum Gasteiger partial charge on any atom is 0.329 e. The van der Waals surface area contributed by atoms with Crippen molar-refractivity contribution in [3.8, 4) is 0 Å². The molecule has 0 spiro atoms. The van der Waals surface area contributed by atoms with Gasteiger partial charge in [0.2, 0.25) is 5.78 Å². The third-order valence-electron chi connectivity index (χ3n) is 4.42. The van der Waals surface area contributed by atoms with Gasteiger partial charge in [-0.3, -0.25) is 19.3 Å². The molecule has 0 saturated heterocycles. The molecule has 6 nitrogen and oxygen atoms in total. The number of halogens is 2. The van der Waals surface area contributed by atoms with Crippen molar-refractivity contribution in [2.75, 3.05) is 0 Å². The molecule has 0 radical (unpaired) electrons. The Hall–Kier alpha value is -3.42. The van der Waals surface area contributed by atoms with E-state index < -0.39 is 47.3 Å². The monoisotopic (exact) mass is 387 g/mol. The number of carbonyl (C=O) groups excluding carboxylic acids is 4. The molecule has 0 unspecified atom stereocenters. The van der Waals surface area contributed by atoms with Crippen LogP contribution < -0.4 is 0 Å². The molecule has 8 heteroatoms. The van der Waals surface area contributed by atoms with Crippen LogP contribution in [0.4, 0.5) is 8.78 Å². The number of hydrogen-bond donors (Lipinski definition) is 0. The maximum absolute atomic E-state index is 13.3. The standard InChI is InChI=1S/C20H15F2NO5/c1-10(23-18(25)13-5-3-4-6-14(13)19(23)26)20(27)28-11(2)17(24)12-7-8-15(21)16(22)9-12/h3-11H,1-2H3/t10-,11-/m0/s1. The van der Waals surface area contributed by atoms with Gasteiger partial charge in [0.1, 0.15) is 6.04 Å². The molecule has 2 aromatic rings. The number of nitrogens with zero attached hydrogens (tertiary/aromatic N) is 1. The Bertz CT molecular complexity index is 969. The summed E-state index contributed by atoms with van der Waals surface area (Å²) in [5, 5.41) is 0. The fraction of sp³-hybridized carbons (Fsp3) is 0.200. The first-order valence-corrected chi connectivity index (χ1v) is 8.39. The van der Waals surface area contributed by atoms with E-state index in [2.05, 4.69) is 0 Å². The van der Waals surface area contributed by atoms with Gasteiger partial charge in [0.15, 0.2) is 17.7 Å². The smallest absolute Gasteiger partial charge is 0.329 e. The predicted molar refractivity (Wildman–Crippen MR) is 92.6 cm³/mol. The molecule has 144 valence electrons. The zero-order chi connectivity index (χ0) is 20.6. The first-order valence-electron chi connectivity index (χ1n) is 8.39. The molecule has 28 heavy (non-hydrogen) atoms. The fourth-order valence-electron chi connectivity index (χ4n) is 2.88. The van der Waals surface area contributed by atoms with E-state index in [-0.39, 0.29) is 16.7 Å². The summed E-state index contributed by atoms with van der Waals surface area (Å²) in [7, 11) is 0. The van der Waals surface area contributed by atoms with Gasteiger partial charge in [0.05, 0.1) is 11.1 Å². The van der Waals surface area contributed by atoms with E-state index in [1.54, 1.807) is 12.1 Å². The molecule has 0 N–H and O–H groups in total. The van der Waals surface area contributed by atoms with Crippen molar-refractivity contribution in [2.24, 2.45) is 0 Å². The first-order chi connectivity index (χ1) is 13.2. The van der Waals surface area contributed by atoms with Crippen LogP contribution in [0.15, 0.2) is 42.5 Å². The zero-order valence-corrected chi connectivity index (χ0v) is 14.9. The molecule has 3 rings (SSSR count). The lowest BCUT2D eigenvalue weighted by Gasteiger charge is -2.22. The topological polar surface area (TPSA) is 80.8 Å². The number of ketones is 1. The van der Waals surface area contributed by atoms with Crippen molar-refractivity contribution < 1.29 is 32.7 Å². The molecule has 2 aromatic carbocycles. The summed E-state index contributed by atoms with van der Waals surface area (Å²) in [5.41, 5.74) is 0.184. The lowest BCUT2D eigenvalue weighted by atomic mass is 10.1. The molecular weight excluding hydrogens is 372 g/mol. The maximum atomic E-state index is 13.3. The second-order valence-corrected chi connectivity index (χ2v) is 6.27. The van der Waals surface area contributed by atoms with Gasteiger partial charge < -0.3 is 4.74 Å². The highest BCUT2D eigenvalue weighted by molar-refractivity contribution is 6.22. The van der Waals surface area contributed by atoms with Crippen LogP contribution in [0.1, 0.15) is 44.9 Å². The predicted octanol–water partition coefficient (Wildman–Crippen LogP) is 2.76. The minimum absolute atomic E-state index is 0.174. The van der Waals surface area contributed by atoms with E-state index >= 15 is 0 Å². The Morgan fingerprint density at radius 3 is 2.04 bits per heavy atom. The van der Waals surface area contributed by atoms with E-state index in [0.717, 1.165) is 17.0 Å². The molecule has 1 aliphatic rings. The van der Waals surface area contributed by atoms with Gasteiger partial charge in [-0.2, -0.15) is 0 Å². The molecule has 1 heterocycles. The van der Waals surface area contributed by atoms with Crippen LogP contribution in [0, 0.1) is 11.6 Å². The number of hydrogen-bond acceptors (Lipinski definition) is 5. The molecule has 2 amide bonds. The highest BCUT2D eigenvalue weighted by atomic mass is 19.2. The lowest BCUT2D eigenvalue weighted by molar-refractivity contribution is -0.150. The average molecular weight is 387 g/mol. The number of rotatable bonds is 5. The summed E-state index contributed by atoms with van der Waals surface area (Å²) in [6.45, 7) is 2.56. The zero-order valence-electron chi connectivity index (χ0n) is 14.9. The van der Waals surface area contributed by atoms with Crippen molar-refractivity contribution in [1.29, 1.82) is 0 Å². The number of esters is 1. The average Bonchev–Trinajstić information content (AvgIpc) is 2.93. The minimum atomic E-state index is -1.32. The van der Waals surface area contributed by atoms with Gasteiger partial charge in [-0.05, 0) is 44.2 Å². The van der Waals surface area contributed by atoms with E-state index in [1.165, 1.54) is 26.0 Å². The number of Topliss-reactive ketones (excluding diaryl/α,β-unsaturated/α-hetero) is 1. The fourth-order valence-corrected chi connectivity index (χ4v) is 2.88. The van der Waals surface area contributed by atoms with Crippen molar-refractivity contribution >= 4 is 23.6 Å². The summed E-state index contributed by atoms with van der Waals surface area (Å²) in [4.78, 5) is 50.3. The third-order valence-corrected chi connectivity index (χ3v) is 4.42. The second kappa shape index (κ2) is 7.30. The summed E-state index contributed by atoms with van der Waals surface area (Å²) in [6.07, 6.45) is -1.32.